The Balaban J connectivity index is 0.000000388. The van der Waals surface area contributed by atoms with Crippen molar-refractivity contribution in [2.75, 3.05) is 28.4 Å². The molecular weight excluding hydrogens is 916 g/mol. The number of amides is 2. The van der Waals surface area contributed by atoms with Gasteiger partial charge in [0, 0.05) is 38.3 Å². The molecule has 1 unspecified atom stereocenters. The van der Waals surface area contributed by atoms with Crippen molar-refractivity contribution >= 4 is 49.9 Å². The van der Waals surface area contributed by atoms with Gasteiger partial charge in [0.1, 0.15) is 42.8 Å². The highest BCUT2D eigenvalue weighted by Crippen LogP contribution is 2.51. The van der Waals surface area contributed by atoms with Crippen molar-refractivity contribution in [2.24, 2.45) is 0 Å². The fourth-order valence-electron chi connectivity index (χ4n) is 7.36. The number of allylic oxidation sites excluding steroid dienone is 1. The van der Waals surface area contributed by atoms with Crippen LogP contribution in [0.1, 0.15) is 118 Å². The number of carbonyl (C=O) groups excluding carboxylic acids is 7. The lowest BCUT2D eigenvalue weighted by Crippen LogP contribution is -2.47. The molecule has 2 heterocycles. The minimum absolute atomic E-state index is 0.130. The lowest BCUT2D eigenvalue weighted by atomic mass is 10.1. The maximum absolute atomic E-state index is 13.0. The van der Waals surface area contributed by atoms with Gasteiger partial charge in [0.15, 0.2) is 5.66 Å². The van der Waals surface area contributed by atoms with Crippen LogP contribution in [0.15, 0.2) is 72.3 Å². The van der Waals surface area contributed by atoms with Crippen LogP contribution in [0, 0.1) is 0 Å². The highest BCUT2D eigenvalue weighted by Gasteiger charge is 2.45. The van der Waals surface area contributed by atoms with Gasteiger partial charge in [-0.2, -0.15) is 0 Å². The largest absolute Gasteiger partial charge is 0.468 e. The van der Waals surface area contributed by atoms with E-state index in [1.807, 2.05) is 60.7 Å². The predicted octanol–water partition coefficient (Wildman–Crippen LogP) is 8.91. The maximum Gasteiger partial charge on any atom is 0.411 e. The normalized spacial score (nSPS) is 18.5. The van der Waals surface area contributed by atoms with Crippen LogP contribution < -0.4 is 0 Å². The van der Waals surface area contributed by atoms with Gasteiger partial charge >= 0.3 is 43.7 Å². The first-order valence-electron chi connectivity index (χ1n) is 22.9. The number of methoxy groups -OCH3 is 2. The van der Waals surface area contributed by atoms with E-state index in [4.69, 9.17) is 23.7 Å². The number of ether oxygens (including phenoxy) is 6. The van der Waals surface area contributed by atoms with E-state index in [0.29, 0.717) is 56.9 Å². The molecule has 0 spiro atoms. The Kier molecular flexibility index (Phi) is 24.9. The molecule has 4 rings (SSSR count). The van der Waals surface area contributed by atoms with Crippen molar-refractivity contribution in [1.82, 2.24) is 9.80 Å². The monoisotopic (exact) mass is 988 g/mol. The Bertz CT molecular complexity index is 2040. The van der Waals surface area contributed by atoms with Crippen LogP contribution in [0.2, 0.25) is 0 Å². The summed E-state index contributed by atoms with van der Waals surface area (Å²) in [6, 6.07) is 17.0. The third-order valence-electron chi connectivity index (χ3n) is 10.8. The van der Waals surface area contributed by atoms with E-state index in [1.54, 1.807) is 54.5 Å². The predicted molar refractivity (Wildman–Crippen MR) is 256 cm³/mol. The van der Waals surface area contributed by atoms with Gasteiger partial charge in [-0.15, -0.1) is 0 Å². The lowest BCUT2D eigenvalue weighted by Gasteiger charge is -2.30. The van der Waals surface area contributed by atoms with Crippen LogP contribution in [-0.4, -0.2) is 122 Å². The van der Waals surface area contributed by atoms with Crippen molar-refractivity contribution in [3.05, 3.63) is 83.4 Å². The zero-order chi connectivity index (χ0) is 52.0. The molecule has 0 radical (unpaired) electrons. The van der Waals surface area contributed by atoms with E-state index in [2.05, 4.69) is 13.8 Å². The van der Waals surface area contributed by atoms with Gasteiger partial charge in [0.25, 0.3) is 0 Å². The standard InChI is InChI=1S/C24H33NO6.C20H27NO5.C6H13O5P/c1-17(21(26)29-5)10-9-13-19-14-15-20(22(27)31-24(2,3)4)25(19)23(28)30-16-18-11-7-6-8-12-18;1-20(2,3)26-18(23)17-12-11-16(10-7-13-22)21(17)19(24)25-14-15-8-5-4-6-9-15;1-5(6(7)9-2)12(8,10-3)11-4/h6-8,10-12,19-20H,9,13-16H2,1-5H3;4-6,8-9,13,16-17H,7,10-12,14H2,1-3H3;5H,1-4H3/b17-10-;;/t19-,20-;16-,17-;/m00./s1. The third-order valence-corrected chi connectivity index (χ3v) is 13.0. The highest BCUT2D eigenvalue weighted by atomic mass is 31.2. The molecule has 18 nitrogen and oxygen atoms in total. The molecule has 0 aliphatic carbocycles. The molecule has 2 aromatic carbocycles. The highest BCUT2D eigenvalue weighted by molar-refractivity contribution is 7.55. The van der Waals surface area contributed by atoms with E-state index < -0.39 is 66.6 Å². The van der Waals surface area contributed by atoms with Crippen molar-refractivity contribution in [3.8, 4) is 0 Å². The Morgan fingerprint density at radius 1 is 0.652 bits per heavy atom. The summed E-state index contributed by atoms with van der Waals surface area (Å²) in [6.45, 7) is 14.2. The Hall–Kier alpha value is -5.58. The molecular formula is C50H73N2O16P. The molecule has 0 N–H and O–H groups in total. The van der Waals surface area contributed by atoms with Crippen molar-refractivity contribution < 1.29 is 75.6 Å². The van der Waals surface area contributed by atoms with Crippen molar-refractivity contribution in [2.45, 2.75) is 161 Å². The summed E-state index contributed by atoms with van der Waals surface area (Å²) in [5.74, 6) is -1.84. The van der Waals surface area contributed by atoms with Crippen LogP contribution in [0.25, 0.3) is 0 Å². The quantitative estimate of drug-likeness (QED) is 0.0475. The van der Waals surface area contributed by atoms with E-state index in [1.165, 1.54) is 45.2 Å². The number of likely N-dealkylation sites (tertiary alicyclic amines) is 2. The fourth-order valence-corrected chi connectivity index (χ4v) is 8.51. The molecule has 69 heavy (non-hydrogen) atoms. The number of nitrogens with zero attached hydrogens (tertiary/aromatic N) is 2. The van der Waals surface area contributed by atoms with Crippen molar-refractivity contribution in [1.29, 1.82) is 0 Å². The molecule has 2 saturated heterocycles. The molecule has 2 aliphatic heterocycles. The average Bonchev–Trinajstić information content (AvgIpc) is 3.96. The van der Waals surface area contributed by atoms with Gasteiger partial charge in [-0.05, 0) is 111 Å². The zero-order valence-electron chi connectivity index (χ0n) is 42.3. The van der Waals surface area contributed by atoms with E-state index in [0.717, 1.165) is 17.4 Å². The molecule has 19 heteroatoms. The van der Waals surface area contributed by atoms with Gasteiger partial charge < -0.3 is 42.3 Å². The van der Waals surface area contributed by atoms with Gasteiger partial charge in [-0.1, -0.05) is 66.7 Å². The summed E-state index contributed by atoms with van der Waals surface area (Å²) >= 11 is 0. The number of rotatable bonds is 17. The first-order valence-corrected chi connectivity index (χ1v) is 24.5. The molecule has 0 bridgehead atoms. The Morgan fingerprint density at radius 3 is 1.41 bits per heavy atom. The van der Waals surface area contributed by atoms with Crippen LogP contribution in [0.5, 0.6) is 0 Å². The lowest BCUT2D eigenvalue weighted by molar-refractivity contribution is -0.161. The van der Waals surface area contributed by atoms with Gasteiger partial charge in [-0.3, -0.25) is 19.2 Å². The number of hydrogen-bond acceptors (Lipinski definition) is 16. The number of hydrogen-bond donors (Lipinski definition) is 0. The molecule has 2 amide bonds. The van der Waals surface area contributed by atoms with Gasteiger partial charge in [0.2, 0.25) is 0 Å². The SMILES string of the molecule is CC(C)(C)OC(=O)[C@@H]1CC[C@H](CCC=O)N1C(=O)OCc1ccccc1.COC(=O)/C(C)=C\CC[C@H]1CC[C@@H](C(=O)OC(C)(C)C)N1C(=O)OCc1ccccc1.COC(=O)C(C)P(=O)(OC)OC. The summed E-state index contributed by atoms with van der Waals surface area (Å²) < 4.78 is 51.8. The third kappa shape index (κ3) is 20.1. The number of aldehydes is 1. The van der Waals surface area contributed by atoms with Crippen LogP contribution >= 0.6 is 7.60 Å². The van der Waals surface area contributed by atoms with Crippen molar-refractivity contribution in [3.63, 3.8) is 0 Å². The molecule has 2 aliphatic rings. The van der Waals surface area contributed by atoms with E-state index in [-0.39, 0.29) is 31.3 Å². The maximum atomic E-state index is 13.0. The molecule has 0 saturated carbocycles. The number of benzene rings is 2. The molecule has 2 aromatic rings. The summed E-state index contributed by atoms with van der Waals surface area (Å²) in [4.78, 5) is 87.1. The fraction of sp³-hybridized carbons (Fsp3) is 0.580. The van der Waals surface area contributed by atoms with E-state index in [9.17, 15) is 38.1 Å². The second kappa shape index (κ2) is 28.8. The van der Waals surface area contributed by atoms with Crippen LogP contribution in [0.4, 0.5) is 9.59 Å². The van der Waals surface area contributed by atoms with Crippen LogP contribution in [-0.2, 0) is 79.2 Å². The molecule has 5 atom stereocenters. The van der Waals surface area contributed by atoms with Gasteiger partial charge in [0.05, 0.1) is 14.2 Å². The topological polar surface area (TPSA) is 217 Å². The second-order valence-corrected chi connectivity index (χ2v) is 20.8. The molecule has 2 fully saturated rings. The summed E-state index contributed by atoms with van der Waals surface area (Å²) in [5.41, 5.74) is 0.0995. The average molecular weight is 989 g/mol. The molecule has 0 aromatic heterocycles. The smallest absolute Gasteiger partial charge is 0.411 e. The summed E-state index contributed by atoms with van der Waals surface area (Å²) in [5, 5.41) is 0. The van der Waals surface area contributed by atoms with E-state index >= 15 is 0 Å². The van der Waals surface area contributed by atoms with Gasteiger partial charge in [-0.25, -0.2) is 24.0 Å². The minimum atomic E-state index is -3.32. The number of carbonyl (C=O) groups is 7. The van der Waals surface area contributed by atoms with Crippen LogP contribution in [0.3, 0.4) is 0 Å². The zero-order valence-corrected chi connectivity index (χ0v) is 43.2. The summed E-state index contributed by atoms with van der Waals surface area (Å²) in [6.07, 6.45) is 5.93. The molecule has 384 valence electrons. The number of esters is 4. The first kappa shape index (κ1) is 59.5. The second-order valence-electron chi connectivity index (χ2n) is 18.3. The Morgan fingerprint density at radius 2 is 1.06 bits per heavy atom. The summed E-state index contributed by atoms with van der Waals surface area (Å²) in [7, 11) is 1.69. The minimum Gasteiger partial charge on any atom is -0.468 e. The first-order chi connectivity index (χ1) is 32.4. The Labute approximate surface area is 407 Å².